The van der Waals surface area contributed by atoms with E-state index in [4.69, 9.17) is 4.74 Å². The van der Waals surface area contributed by atoms with Gasteiger partial charge in [0.05, 0.1) is 12.7 Å². The third kappa shape index (κ3) is 7.26. The van der Waals surface area contributed by atoms with Gasteiger partial charge in [-0.1, -0.05) is 17.7 Å². The van der Waals surface area contributed by atoms with Crippen LogP contribution in [-0.4, -0.2) is 38.5 Å². The molecular formula is C21H27IN2O5S2. The van der Waals surface area contributed by atoms with Gasteiger partial charge in [0, 0.05) is 6.54 Å². The van der Waals surface area contributed by atoms with Crippen molar-refractivity contribution in [2.45, 2.75) is 58.1 Å². The van der Waals surface area contributed by atoms with Gasteiger partial charge in [-0.25, -0.2) is 8.42 Å². The normalized spacial score (nSPS) is 13.0. The average Bonchev–Trinajstić information content (AvgIpc) is 3.02. The topological polar surface area (TPSA) is 102 Å². The molecule has 1 atom stereocenters. The molecule has 1 amide bonds. The number of carbonyl (C=O) groups is 2. The Labute approximate surface area is 201 Å². The number of halogens is 1. The average molecular weight is 578 g/mol. The fraction of sp³-hybridized carbons (Fsp3) is 0.429. The molecule has 10 heteroatoms. The number of hydrogen-bond acceptors (Lipinski definition) is 6. The second-order valence-corrected chi connectivity index (χ2v) is 12.9. The number of nitrogens with one attached hydrogen (secondary N) is 2. The van der Waals surface area contributed by atoms with Crippen LogP contribution in [-0.2, 0) is 19.6 Å². The van der Waals surface area contributed by atoms with Gasteiger partial charge < -0.3 is 10.1 Å². The summed E-state index contributed by atoms with van der Waals surface area (Å²) in [7, 11) is -4.05. The van der Waals surface area contributed by atoms with Crippen molar-refractivity contribution in [2.24, 2.45) is 0 Å². The Balaban J connectivity index is 2.29. The number of rotatable bonds is 7. The van der Waals surface area contributed by atoms with Gasteiger partial charge >= 0.3 is 5.97 Å². The first-order valence-electron chi connectivity index (χ1n) is 9.56. The van der Waals surface area contributed by atoms with Crippen LogP contribution >= 0.6 is 33.9 Å². The van der Waals surface area contributed by atoms with E-state index in [2.05, 4.69) is 32.6 Å². The number of hydrogen-bond donors (Lipinski definition) is 2. The van der Waals surface area contributed by atoms with E-state index in [1.807, 2.05) is 6.92 Å². The van der Waals surface area contributed by atoms with Crippen LogP contribution in [0.5, 0.6) is 0 Å². The van der Waals surface area contributed by atoms with Gasteiger partial charge in [0.15, 0.2) is 0 Å². The molecule has 0 bridgehead atoms. The number of carbonyl (C=O) groups excluding carboxylic acids is 2. The maximum Gasteiger partial charge on any atom is 0.326 e. The first kappa shape index (κ1) is 25.8. The Hall–Kier alpha value is -1.50. The molecule has 0 spiro atoms. The minimum atomic E-state index is -4.05. The van der Waals surface area contributed by atoms with Gasteiger partial charge in [-0.3, -0.25) is 9.59 Å². The monoisotopic (exact) mass is 578 g/mol. The maximum atomic E-state index is 13.2. The van der Waals surface area contributed by atoms with Crippen LogP contribution in [0.25, 0.3) is 0 Å². The van der Waals surface area contributed by atoms with Crippen molar-refractivity contribution >= 4 is 55.8 Å². The molecule has 2 N–H and O–H groups in total. The van der Waals surface area contributed by atoms with Gasteiger partial charge in [0.2, 0.25) is 10.0 Å². The molecule has 0 saturated carbocycles. The van der Waals surface area contributed by atoms with Crippen LogP contribution < -0.4 is 10.0 Å². The van der Waals surface area contributed by atoms with Gasteiger partial charge in [0.1, 0.15) is 11.6 Å². The molecule has 0 fully saturated rings. The molecule has 7 nitrogen and oxygen atoms in total. The predicted octanol–water partition coefficient (Wildman–Crippen LogP) is 3.70. The molecule has 0 saturated heterocycles. The van der Waals surface area contributed by atoms with Crippen molar-refractivity contribution < 1.29 is 22.7 Å². The highest BCUT2D eigenvalue weighted by molar-refractivity contribution is 14.1. The predicted molar refractivity (Wildman–Crippen MR) is 130 cm³/mol. The summed E-state index contributed by atoms with van der Waals surface area (Å²) in [6, 6.07) is 5.73. The number of sulfonamides is 1. The van der Waals surface area contributed by atoms with Crippen molar-refractivity contribution in [3.05, 3.63) is 48.7 Å². The Morgan fingerprint density at radius 2 is 1.71 bits per heavy atom. The third-order valence-electron chi connectivity index (χ3n) is 4.13. The zero-order valence-electron chi connectivity index (χ0n) is 18.3. The molecular weight excluding hydrogens is 551 g/mol. The Kier molecular flexibility index (Phi) is 8.28. The van der Waals surface area contributed by atoms with E-state index in [1.54, 1.807) is 58.9 Å². The van der Waals surface area contributed by atoms with Crippen molar-refractivity contribution in [1.29, 1.82) is 0 Å². The lowest BCUT2D eigenvalue weighted by Crippen LogP contribution is -2.50. The van der Waals surface area contributed by atoms with Crippen molar-refractivity contribution in [2.75, 3.05) is 6.54 Å². The highest BCUT2D eigenvalue weighted by atomic mass is 127. The number of benzene rings is 1. The lowest BCUT2D eigenvalue weighted by molar-refractivity contribution is -0.156. The number of esters is 1. The second-order valence-electron chi connectivity index (χ2n) is 8.25. The quantitative estimate of drug-likeness (QED) is 0.386. The van der Waals surface area contributed by atoms with Crippen LogP contribution in [0.15, 0.2) is 29.2 Å². The molecule has 2 rings (SSSR count). The zero-order chi connectivity index (χ0) is 23.6. The molecule has 0 radical (unpaired) electrons. The smallest absolute Gasteiger partial charge is 0.326 e. The number of thiophene rings is 1. The largest absolute Gasteiger partial charge is 0.459 e. The summed E-state index contributed by atoms with van der Waals surface area (Å²) in [4.78, 5) is 25.8. The van der Waals surface area contributed by atoms with E-state index in [9.17, 15) is 18.0 Å². The standard InChI is InChI=1S/C21H27IN2O5S2/c1-12-9-13(2)18(14(3)10-12)31(27,28)24-15(20(26)29-21(4,5)6)11-23-19(25)16-7-8-17(22)30-16/h7-10,15,24H,11H2,1-6H3,(H,23,25). The van der Waals surface area contributed by atoms with Gasteiger partial charge in [-0.05, 0) is 87.4 Å². The van der Waals surface area contributed by atoms with Crippen LogP contribution in [0.3, 0.4) is 0 Å². The van der Waals surface area contributed by atoms with E-state index in [1.165, 1.54) is 11.3 Å². The van der Waals surface area contributed by atoms with Gasteiger partial charge in [0.25, 0.3) is 5.91 Å². The summed E-state index contributed by atoms with van der Waals surface area (Å²) in [5, 5.41) is 2.63. The lowest BCUT2D eigenvalue weighted by Gasteiger charge is -2.25. The van der Waals surface area contributed by atoms with Gasteiger partial charge in [-0.2, -0.15) is 4.72 Å². The first-order chi connectivity index (χ1) is 14.2. The highest BCUT2D eigenvalue weighted by Crippen LogP contribution is 2.22. The molecule has 0 aliphatic heterocycles. The van der Waals surface area contributed by atoms with E-state index in [-0.39, 0.29) is 17.3 Å². The Bertz CT molecular complexity index is 1060. The van der Waals surface area contributed by atoms with Crippen molar-refractivity contribution in [3.63, 3.8) is 0 Å². The molecule has 0 aliphatic carbocycles. The molecule has 1 unspecified atom stereocenters. The second kappa shape index (κ2) is 9.97. The minimum Gasteiger partial charge on any atom is -0.459 e. The summed E-state index contributed by atoms with van der Waals surface area (Å²) in [5.41, 5.74) is 1.27. The van der Waals surface area contributed by atoms with E-state index < -0.39 is 27.6 Å². The third-order valence-corrected chi connectivity index (χ3v) is 7.79. The lowest BCUT2D eigenvalue weighted by atomic mass is 10.1. The van der Waals surface area contributed by atoms with E-state index in [0.29, 0.717) is 16.0 Å². The first-order valence-corrected chi connectivity index (χ1v) is 12.9. The summed E-state index contributed by atoms with van der Waals surface area (Å²) >= 11 is 3.41. The Morgan fingerprint density at radius 3 is 2.19 bits per heavy atom. The maximum absolute atomic E-state index is 13.2. The number of ether oxygens (including phenoxy) is 1. The van der Waals surface area contributed by atoms with Crippen LogP contribution in [0.1, 0.15) is 47.1 Å². The molecule has 170 valence electrons. The van der Waals surface area contributed by atoms with Crippen LogP contribution in [0.2, 0.25) is 0 Å². The molecule has 1 aromatic carbocycles. The molecule has 1 heterocycles. The highest BCUT2D eigenvalue weighted by Gasteiger charge is 2.32. The molecule has 0 aliphatic rings. The van der Waals surface area contributed by atoms with E-state index >= 15 is 0 Å². The van der Waals surface area contributed by atoms with Crippen LogP contribution in [0, 0.1) is 23.7 Å². The van der Waals surface area contributed by atoms with Crippen molar-refractivity contribution in [1.82, 2.24) is 10.0 Å². The fourth-order valence-electron chi connectivity index (χ4n) is 3.10. The number of amides is 1. The van der Waals surface area contributed by atoms with Crippen molar-refractivity contribution in [3.8, 4) is 0 Å². The summed E-state index contributed by atoms with van der Waals surface area (Å²) in [6.45, 7) is 10.1. The molecule has 1 aromatic heterocycles. The number of aryl methyl sites for hydroxylation is 3. The summed E-state index contributed by atoms with van der Waals surface area (Å²) < 4.78 is 35.1. The van der Waals surface area contributed by atoms with E-state index in [0.717, 1.165) is 8.45 Å². The fourth-order valence-corrected chi connectivity index (χ4v) is 6.28. The Morgan fingerprint density at radius 1 is 1.13 bits per heavy atom. The summed E-state index contributed by atoms with van der Waals surface area (Å²) in [5.74, 6) is -1.15. The van der Waals surface area contributed by atoms with Crippen LogP contribution in [0.4, 0.5) is 0 Å². The zero-order valence-corrected chi connectivity index (χ0v) is 22.1. The molecule has 2 aromatic rings. The van der Waals surface area contributed by atoms with Gasteiger partial charge in [-0.15, -0.1) is 11.3 Å². The SMILES string of the molecule is Cc1cc(C)c(S(=O)(=O)NC(CNC(=O)c2ccc(I)s2)C(=O)OC(C)(C)C)c(C)c1. The summed E-state index contributed by atoms with van der Waals surface area (Å²) in [6.07, 6.45) is 0. The minimum absolute atomic E-state index is 0.116. The molecule has 31 heavy (non-hydrogen) atoms.